The molecule has 152 valence electrons. The van der Waals surface area contributed by atoms with Crippen molar-refractivity contribution in [2.45, 2.75) is 17.7 Å². The average Bonchev–Trinajstić information content (AvgIpc) is 3.24. The second-order valence-corrected chi connectivity index (χ2v) is 8.66. The van der Waals surface area contributed by atoms with Gasteiger partial charge in [-0.25, -0.2) is 8.42 Å². The molecule has 2 aromatic rings. The number of hydrogen-bond donors (Lipinski definition) is 2. The SMILES string of the molecule is O=C(NC(=S)Nc1ccc(S(=O)(=O)N2CCCC2)cc1)c1ccccc1[N+](=O)[O-]. The van der Waals surface area contributed by atoms with E-state index in [1.54, 1.807) is 0 Å². The molecule has 0 saturated carbocycles. The summed E-state index contributed by atoms with van der Waals surface area (Å²) in [5.74, 6) is -0.719. The number of rotatable bonds is 5. The van der Waals surface area contributed by atoms with Crippen LogP contribution in [0.3, 0.4) is 0 Å². The molecule has 3 rings (SSSR count). The van der Waals surface area contributed by atoms with E-state index < -0.39 is 20.9 Å². The van der Waals surface area contributed by atoms with Gasteiger partial charge in [0.25, 0.3) is 11.6 Å². The van der Waals surface area contributed by atoms with Crippen molar-refractivity contribution in [1.29, 1.82) is 0 Å². The van der Waals surface area contributed by atoms with Gasteiger partial charge in [-0.3, -0.25) is 20.2 Å². The van der Waals surface area contributed by atoms with Crippen molar-refractivity contribution < 1.29 is 18.1 Å². The van der Waals surface area contributed by atoms with Crippen molar-refractivity contribution in [1.82, 2.24) is 9.62 Å². The van der Waals surface area contributed by atoms with E-state index in [2.05, 4.69) is 10.6 Å². The van der Waals surface area contributed by atoms with Crippen LogP contribution in [-0.4, -0.2) is 41.8 Å². The van der Waals surface area contributed by atoms with E-state index in [4.69, 9.17) is 12.2 Å². The number of carbonyl (C=O) groups excluding carboxylic acids is 1. The summed E-state index contributed by atoms with van der Waals surface area (Å²) in [5, 5.41) is 16.1. The van der Waals surface area contributed by atoms with Gasteiger partial charge in [0.15, 0.2) is 5.11 Å². The first-order valence-corrected chi connectivity index (χ1v) is 10.6. The van der Waals surface area contributed by atoms with E-state index in [1.807, 2.05) is 0 Å². The topological polar surface area (TPSA) is 122 Å². The van der Waals surface area contributed by atoms with Gasteiger partial charge in [0.1, 0.15) is 5.56 Å². The molecule has 29 heavy (non-hydrogen) atoms. The van der Waals surface area contributed by atoms with Crippen LogP contribution in [0.25, 0.3) is 0 Å². The summed E-state index contributed by atoms with van der Waals surface area (Å²) < 4.78 is 26.5. The van der Waals surface area contributed by atoms with Crippen molar-refractivity contribution in [2.75, 3.05) is 18.4 Å². The van der Waals surface area contributed by atoms with Crippen LogP contribution in [0.15, 0.2) is 53.4 Å². The van der Waals surface area contributed by atoms with E-state index in [-0.39, 0.29) is 21.3 Å². The maximum Gasteiger partial charge on any atom is 0.282 e. The number of carbonyl (C=O) groups is 1. The van der Waals surface area contributed by atoms with Crippen LogP contribution in [-0.2, 0) is 10.0 Å². The van der Waals surface area contributed by atoms with E-state index in [0.29, 0.717) is 18.8 Å². The Bertz CT molecular complexity index is 1050. The van der Waals surface area contributed by atoms with E-state index in [0.717, 1.165) is 12.8 Å². The zero-order valence-electron chi connectivity index (χ0n) is 15.2. The molecule has 0 atom stereocenters. The highest BCUT2D eigenvalue weighted by Crippen LogP contribution is 2.22. The maximum absolute atomic E-state index is 12.5. The summed E-state index contributed by atoms with van der Waals surface area (Å²) in [6, 6.07) is 11.5. The van der Waals surface area contributed by atoms with Gasteiger partial charge >= 0.3 is 0 Å². The lowest BCUT2D eigenvalue weighted by molar-refractivity contribution is -0.385. The van der Waals surface area contributed by atoms with Crippen molar-refractivity contribution >= 4 is 44.6 Å². The largest absolute Gasteiger partial charge is 0.332 e. The Morgan fingerprint density at radius 1 is 1.07 bits per heavy atom. The fourth-order valence-electron chi connectivity index (χ4n) is 2.95. The Kier molecular flexibility index (Phi) is 6.20. The third kappa shape index (κ3) is 4.75. The first-order chi connectivity index (χ1) is 13.8. The van der Waals surface area contributed by atoms with Gasteiger partial charge in [0, 0.05) is 24.8 Å². The average molecular weight is 434 g/mol. The Morgan fingerprint density at radius 3 is 2.31 bits per heavy atom. The summed E-state index contributed by atoms with van der Waals surface area (Å²) in [7, 11) is -3.51. The van der Waals surface area contributed by atoms with Crippen LogP contribution in [0.2, 0.25) is 0 Å². The van der Waals surface area contributed by atoms with Gasteiger partial charge in [-0.15, -0.1) is 0 Å². The van der Waals surface area contributed by atoms with Gasteiger partial charge in [0.2, 0.25) is 10.0 Å². The molecule has 0 unspecified atom stereocenters. The van der Waals surface area contributed by atoms with Crippen molar-refractivity contribution in [3.05, 3.63) is 64.2 Å². The predicted molar refractivity (Wildman–Crippen MR) is 111 cm³/mol. The molecule has 9 nitrogen and oxygen atoms in total. The number of nitro groups is 1. The van der Waals surface area contributed by atoms with Gasteiger partial charge < -0.3 is 5.32 Å². The van der Waals surface area contributed by atoms with Crippen LogP contribution in [0.4, 0.5) is 11.4 Å². The van der Waals surface area contributed by atoms with Gasteiger partial charge in [-0.1, -0.05) is 12.1 Å². The lowest BCUT2D eigenvalue weighted by Gasteiger charge is -2.16. The minimum Gasteiger partial charge on any atom is -0.332 e. The minimum atomic E-state index is -3.51. The normalized spacial score (nSPS) is 14.3. The lowest BCUT2D eigenvalue weighted by Crippen LogP contribution is -2.34. The van der Waals surface area contributed by atoms with Gasteiger partial charge in [0.05, 0.1) is 9.82 Å². The third-order valence-corrected chi connectivity index (χ3v) is 6.50. The predicted octanol–water partition coefficient (Wildman–Crippen LogP) is 2.51. The molecule has 2 N–H and O–H groups in total. The van der Waals surface area contributed by atoms with Crippen LogP contribution in [0.1, 0.15) is 23.2 Å². The number of nitrogens with zero attached hydrogens (tertiary/aromatic N) is 2. The van der Waals surface area contributed by atoms with Gasteiger partial charge in [-0.05, 0) is 55.4 Å². The van der Waals surface area contributed by atoms with E-state index >= 15 is 0 Å². The molecule has 1 heterocycles. The summed E-state index contributed by atoms with van der Waals surface area (Å²) in [5.41, 5.74) is 0.0243. The molecule has 0 radical (unpaired) electrons. The van der Waals surface area contributed by atoms with Crippen LogP contribution in [0, 0.1) is 10.1 Å². The van der Waals surface area contributed by atoms with Crippen LogP contribution < -0.4 is 10.6 Å². The number of amides is 1. The van der Waals surface area contributed by atoms with Gasteiger partial charge in [-0.2, -0.15) is 4.31 Å². The smallest absolute Gasteiger partial charge is 0.282 e. The molecule has 2 aromatic carbocycles. The molecule has 1 aliphatic rings. The summed E-state index contributed by atoms with van der Waals surface area (Å²) in [6.07, 6.45) is 1.71. The monoisotopic (exact) mass is 434 g/mol. The molecule has 1 saturated heterocycles. The van der Waals surface area contributed by atoms with E-state index in [9.17, 15) is 23.3 Å². The molecule has 11 heteroatoms. The van der Waals surface area contributed by atoms with Crippen LogP contribution >= 0.6 is 12.2 Å². The van der Waals surface area contributed by atoms with E-state index in [1.165, 1.54) is 52.8 Å². The second kappa shape index (κ2) is 8.64. The quantitative estimate of drug-likeness (QED) is 0.421. The Balaban J connectivity index is 1.65. The molecule has 1 amide bonds. The number of hydrogen-bond acceptors (Lipinski definition) is 6. The molecule has 0 bridgehead atoms. The molecule has 1 aliphatic heterocycles. The number of nitro benzene ring substituents is 1. The fraction of sp³-hybridized carbons (Fsp3) is 0.222. The number of thiocarbonyl (C=S) groups is 1. The lowest BCUT2D eigenvalue weighted by atomic mass is 10.1. The van der Waals surface area contributed by atoms with Crippen LogP contribution in [0.5, 0.6) is 0 Å². The van der Waals surface area contributed by atoms with Crippen molar-refractivity contribution in [2.24, 2.45) is 0 Å². The number of nitrogens with one attached hydrogen (secondary N) is 2. The minimum absolute atomic E-state index is 0.0664. The summed E-state index contributed by atoms with van der Waals surface area (Å²) in [4.78, 5) is 22.8. The highest BCUT2D eigenvalue weighted by Gasteiger charge is 2.27. The number of sulfonamides is 1. The maximum atomic E-state index is 12.5. The molecular weight excluding hydrogens is 416 g/mol. The fourth-order valence-corrected chi connectivity index (χ4v) is 4.67. The number of anilines is 1. The standard InChI is InChI=1S/C18H18N4O5S2/c23-17(15-5-1-2-6-16(15)22(24)25)20-18(28)19-13-7-9-14(10-8-13)29(26,27)21-11-3-4-12-21/h1-2,5-10H,3-4,11-12H2,(H2,19,20,23,28). The second-order valence-electron chi connectivity index (χ2n) is 6.32. The Morgan fingerprint density at radius 2 is 1.69 bits per heavy atom. The Hall–Kier alpha value is -2.89. The van der Waals surface area contributed by atoms with Crippen molar-refractivity contribution in [3.63, 3.8) is 0 Å². The zero-order valence-corrected chi connectivity index (χ0v) is 16.8. The highest BCUT2D eigenvalue weighted by atomic mass is 32.2. The number of benzene rings is 2. The Labute approximate surface area is 172 Å². The molecular formula is C18H18N4O5S2. The molecule has 0 spiro atoms. The summed E-state index contributed by atoms with van der Waals surface area (Å²) in [6.45, 7) is 1.04. The zero-order chi connectivity index (χ0) is 21.0. The summed E-state index contributed by atoms with van der Waals surface area (Å²) >= 11 is 5.08. The molecule has 1 fully saturated rings. The highest BCUT2D eigenvalue weighted by molar-refractivity contribution is 7.89. The third-order valence-electron chi connectivity index (χ3n) is 4.39. The van der Waals surface area contributed by atoms with Crippen molar-refractivity contribution in [3.8, 4) is 0 Å². The molecule has 0 aliphatic carbocycles. The first-order valence-electron chi connectivity index (χ1n) is 8.75. The first kappa shape index (κ1) is 20.8. The number of para-hydroxylation sites is 1. The molecule has 0 aromatic heterocycles.